The van der Waals surface area contributed by atoms with Crippen molar-refractivity contribution in [1.82, 2.24) is 0 Å². The second kappa shape index (κ2) is 57.2. The molecule has 0 N–H and O–H groups in total. The van der Waals surface area contributed by atoms with Gasteiger partial charge in [-0.05, 0) is 51.4 Å². The van der Waals surface area contributed by atoms with Crippen LogP contribution < -0.4 is 0 Å². The van der Waals surface area contributed by atoms with Crippen LogP contribution in [0.25, 0.3) is 0 Å². The number of rotatable bonds is 55. The summed E-state index contributed by atoms with van der Waals surface area (Å²) >= 11 is 0. The molecule has 68 heavy (non-hydrogen) atoms. The van der Waals surface area contributed by atoms with E-state index in [-0.39, 0.29) is 31.1 Å². The molecular weight excluding hydrogens is 841 g/mol. The van der Waals surface area contributed by atoms with E-state index in [1.165, 1.54) is 186 Å². The minimum absolute atomic E-state index is 0.0754. The predicted octanol–water partition coefficient (Wildman–Crippen LogP) is 20.0. The molecule has 0 rings (SSSR count). The van der Waals surface area contributed by atoms with E-state index in [2.05, 4.69) is 57.2 Å². The smallest absolute Gasteiger partial charge is 0.306 e. The summed E-state index contributed by atoms with van der Waals surface area (Å²) in [7, 11) is 0. The molecule has 0 bridgehead atoms. The van der Waals surface area contributed by atoms with Crippen molar-refractivity contribution in [1.29, 1.82) is 0 Å². The first-order valence-corrected chi connectivity index (χ1v) is 30.0. The quantitative estimate of drug-likeness (QED) is 0.0262. The van der Waals surface area contributed by atoms with Gasteiger partial charge in [0.05, 0.1) is 0 Å². The van der Waals surface area contributed by atoms with E-state index in [9.17, 15) is 14.4 Å². The standard InChI is InChI=1S/C62H114O6/c1-4-7-10-13-16-18-20-22-24-25-26-27-28-29-30-31-32-33-34-35-36-38-39-41-43-46-49-52-55-61(64)67-58-59(57-66-60(63)54-51-48-45-15-12-9-6-3)68-62(65)56-53-50-47-44-42-40-37-23-21-19-17-14-11-8-5-2/h8,11,17,19,23,37,59H,4-7,9-10,12-16,18,20-22,24-36,38-58H2,1-3H3/b11-8-,19-17-,37-23-. The van der Waals surface area contributed by atoms with Crippen LogP contribution >= 0.6 is 0 Å². The summed E-state index contributed by atoms with van der Waals surface area (Å²) < 4.78 is 16.8. The molecule has 0 aromatic heterocycles. The molecule has 0 spiro atoms. The molecule has 0 saturated carbocycles. The van der Waals surface area contributed by atoms with Gasteiger partial charge in [0.15, 0.2) is 6.10 Å². The fraction of sp³-hybridized carbons (Fsp3) is 0.855. The molecule has 6 nitrogen and oxygen atoms in total. The van der Waals surface area contributed by atoms with Crippen LogP contribution in [0.2, 0.25) is 0 Å². The summed E-state index contributed by atoms with van der Waals surface area (Å²) in [5, 5.41) is 0. The Labute approximate surface area is 423 Å². The van der Waals surface area contributed by atoms with Crippen LogP contribution in [0.3, 0.4) is 0 Å². The number of hydrogen-bond donors (Lipinski definition) is 0. The second-order valence-electron chi connectivity index (χ2n) is 20.2. The molecule has 0 aromatic carbocycles. The topological polar surface area (TPSA) is 78.9 Å². The van der Waals surface area contributed by atoms with Gasteiger partial charge in [0, 0.05) is 19.3 Å². The van der Waals surface area contributed by atoms with E-state index >= 15 is 0 Å². The van der Waals surface area contributed by atoms with Crippen molar-refractivity contribution in [2.45, 2.75) is 329 Å². The Kier molecular flexibility index (Phi) is 55.2. The van der Waals surface area contributed by atoms with Gasteiger partial charge in [0.2, 0.25) is 0 Å². The first kappa shape index (κ1) is 65.6. The largest absolute Gasteiger partial charge is 0.462 e. The first-order valence-electron chi connectivity index (χ1n) is 30.0. The normalized spacial score (nSPS) is 12.2. The van der Waals surface area contributed by atoms with Gasteiger partial charge in [0.1, 0.15) is 13.2 Å². The Balaban J connectivity index is 4.03. The molecule has 6 heteroatoms. The van der Waals surface area contributed by atoms with Crippen molar-refractivity contribution in [3.63, 3.8) is 0 Å². The highest BCUT2D eigenvalue weighted by atomic mass is 16.6. The highest BCUT2D eigenvalue weighted by Gasteiger charge is 2.19. The SMILES string of the molecule is CC/C=C\C/C=C\C/C=C\CCCCCCCC(=O)OC(COC(=O)CCCCCCCCC)COC(=O)CCCCCCCCCCCCCCCCCCCCCCCCCCCCCC. The summed E-state index contributed by atoms with van der Waals surface area (Å²) in [5.41, 5.74) is 0. The fourth-order valence-corrected chi connectivity index (χ4v) is 8.93. The Hall–Kier alpha value is -2.37. The molecule has 0 aliphatic heterocycles. The maximum Gasteiger partial charge on any atom is 0.306 e. The number of unbranched alkanes of at least 4 members (excludes halogenated alkanes) is 38. The lowest BCUT2D eigenvalue weighted by Gasteiger charge is -2.18. The Morgan fingerprint density at radius 2 is 0.574 bits per heavy atom. The second-order valence-corrected chi connectivity index (χ2v) is 20.2. The van der Waals surface area contributed by atoms with Gasteiger partial charge in [-0.1, -0.05) is 288 Å². The highest BCUT2D eigenvalue weighted by Crippen LogP contribution is 2.18. The summed E-state index contributed by atoms with van der Waals surface area (Å²) in [6.07, 6.45) is 69.0. The number of allylic oxidation sites excluding steroid dienone is 6. The predicted molar refractivity (Wildman–Crippen MR) is 293 cm³/mol. The zero-order valence-electron chi connectivity index (χ0n) is 45.6. The van der Waals surface area contributed by atoms with E-state index in [1.54, 1.807) is 0 Å². The van der Waals surface area contributed by atoms with Crippen LogP contribution in [0.15, 0.2) is 36.5 Å². The van der Waals surface area contributed by atoms with E-state index < -0.39 is 6.10 Å². The van der Waals surface area contributed by atoms with Gasteiger partial charge in [-0.15, -0.1) is 0 Å². The molecule has 0 aliphatic carbocycles. The van der Waals surface area contributed by atoms with Crippen molar-refractivity contribution in [3.8, 4) is 0 Å². The first-order chi connectivity index (χ1) is 33.5. The van der Waals surface area contributed by atoms with Crippen LogP contribution in [-0.4, -0.2) is 37.2 Å². The number of esters is 3. The van der Waals surface area contributed by atoms with Gasteiger partial charge < -0.3 is 14.2 Å². The molecule has 0 fully saturated rings. The Morgan fingerprint density at radius 1 is 0.309 bits per heavy atom. The number of carbonyl (C=O) groups excluding carboxylic acids is 3. The zero-order chi connectivity index (χ0) is 49.3. The molecule has 0 saturated heterocycles. The van der Waals surface area contributed by atoms with Crippen molar-refractivity contribution >= 4 is 17.9 Å². The summed E-state index contributed by atoms with van der Waals surface area (Å²) in [4.78, 5) is 37.9. The van der Waals surface area contributed by atoms with Gasteiger partial charge in [0.25, 0.3) is 0 Å². The fourth-order valence-electron chi connectivity index (χ4n) is 8.93. The lowest BCUT2D eigenvalue weighted by Crippen LogP contribution is -2.30. The molecule has 398 valence electrons. The van der Waals surface area contributed by atoms with Crippen LogP contribution in [0.5, 0.6) is 0 Å². The van der Waals surface area contributed by atoms with Crippen molar-refractivity contribution in [2.75, 3.05) is 13.2 Å². The number of hydrogen-bond acceptors (Lipinski definition) is 6. The van der Waals surface area contributed by atoms with Crippen molar-refractivity contribution < 1.29 is 28.6 Å². The van der Waals surface area contributed by atoms with E-state index in [4.69, 9.17) is 14.2 Å². The Bertz CT molecular complexity index is 1140. The maximum atomic E-state index is 12.8. The minimum atomic E-state index is -0.775. The van der Waals surface area contributed by atoms with Crippen LogP contribution in [0, 0.1) is 0 Å². The molecule has 0 aromatic rings. The lowest BCUT2D eigenvalue weighted by atomic mass is 10.0. The molecule has 1 unspecified atom stereocenters. The Morgan fingerprint density at radius 3 is 0.897 bits per heavy atom. The van der Waals surface area contributed by atoms with E-state index in [0.29, 0.717) is 19.3 Å². The third-order valence-electron chi connectivity index (χ3n) is 13.4. The van der Waals surface area contributed by atoms with Crippen molar-refractivity contribution in [3.05, 3.63) is 36.5 Å². The average molecular weight is 956 g/mol. The van der Waals surface area contributed by atoms with Gasteiger partial charge in [-0.25, -0.2) is 0 Å². The van der Waals surface area contributed by atoms with Gasteiger partial charge in [-0.2, -0.15) is 0 Å². The molecular formula is C62H114O6. The maximum absolute atomic E-state index is 12.8. The lowest BCUT2D eigenvalue weighted by molar-refractivity contribution is -0.167. The number of ether oxygens (including phenoxy) is 3. The highest BCUT2D eigenvalue weighted by molar-refractivity contribution is 5.71. The molecule has 0 radical (unpaired) electrons. The van der Waals surface area contributed by atoms with Crippen molar-refractivity contribution in [2.24, 2.45) is 0 Å². The molecule has 0 amide bonds. The van der Waals surface area contributed by atoms with Gasteiger partial charge >= 0.3 is 17.9 Å². The third kappa shape index (κ3) is 54.6. The molecule has 0 heterocycles. The molecule has 0 aliphatic rings. The zero-order valence-corrected chi connectivity index (χ0v) is 45.6. The monoisotopic (exact) mass is 955 g/mol. The summed E-state index contributed by atoms with van der Waals surface area (Å²) in [6.45, 7) is 6.51. The molecule has 1 atom stereocenters. The summed E-state index contributed by atoms with van der Waals surface area (Å²) in [6, 6.07) is 0. The minimum Gasteiger partial charge on any atom is -0.462 e. The van der Waals surface area contributed by atoms with E-state index in [1.807, 2.05) is 0 Å². The average Bonchev–Trinajstić information content (AvgIpc) is 3.34. The van der Waals surface area contributed by atoms with E-state index in [0.717, 1.165) is 96.3 Å². The van der Waals surface area contributed by atoms with Gasteiger partial charge in [-0.3, -0.25) is 14.4 Å². The third-order valence-corrected chi connectivity index (χ3v) is 13.4. The number of carbonyl (C=O) groups is 3. The summed E-state index contributed by atoms with van der Waals surface area (Å²) in [5.74, 6) is -0.884. The van der Waals surface area contributed by atoms with Crippen LogP contribution in [-0.2, 0) is 28.6 Å². The van der Waals surface area contributed by atoms with Crippen LogP contribution in [0.1, 0.15) is 323 Å². The van der Waals surface area contributed by atoms with Crippen LogP contribution in [0.4, 0.5) is 0 Å².